The number of hydrogen-bond acceptors (Lipinski definition) is 2. The number of hydrogen-bond donors (Lipinski definition) is 0. The Labute approximate surface area is 136 Å². The maximum Gasteiger partial charge on any atom is 0.137 e. The average Bonchev–Trinajstić information content (AvgIpc) is 2.74. The Balaban J connectivity index is 2.49. The third kappa shape index (κ3) is 3.05. The van der Waals surface area contributed by atoms with Crippen molar-refractivity contribution in [3.05, 3.63) is 48.5 Å². The van der Waals surface area contributed by atoms with E-state index in [9.17, 15) is 0 Å². The fourth-order valence-electron chi connectivity index (χ4n) is 1.60. The molecule has 0 bridgehead atoms. The second-order valence-electron chi connectivity index (χ2n) is 3.51. The molecule has 18 heavy (non-hydrogen) atoms. The summed E-state index contributed by atoms with van der Waals surface area (Å²) in [6, 6.07) is 7.56. The van der Waals surface area contributed by atoms with Crippen LogP contribution in [0.5, 0.6) is 5.75 Å². The first-order chi connectivity index (χ1) is 8.52. The summed E-state index contributed by atoms with van der Waals surface area (Å²) < 4.78 is 7.01. The Morgan fingerprint density at radius 1 is 1.28 bits per heavy atom. The van der Waals surface area contributed by atoms with Crippen molar-refractivity contribution in [2.45, 2.75) is 4.83 Å². The maximum absolute atomic E-state index is 6.09. The lowest BCUT2D eigenvalue weighted by Crippen LogP contribution is -1.96. The van der Waals surface area contributed by atoms with Gasteiger partial charge in [-0.1, -0.05) is 39.1 Å². The quantitative estimate of drug-likeness (QED) is 0.518. The van der Waals surface area contributed by atoms with E-state index in [1.165, 1.54) is 11.3 Å². The van der Waals surface area contributed by atoms with Crippen molar-refractivity contribution in [1.82, 2.24) is 0 Å². The summed E-state index contributed by atoms with van der Waals surface area (Å²) >= 11 is 20.7. The van der Waals surface area contributed by atoms with Crippen LogP contribution >= 0.6 is 66.4 Å². The van der Waals surface area contributed by atoms with Crippen LogP contribution in [0.15, 0.2) is 28.7 Å². The van der Waals surface area contributed by atoms with E-state index < -0.39 is 0 Å². The van der Waals surface area contributed by atoms with Crippen LogP contribution in [0.3, 0.4) is 0 Å². The zero-order chi connectivity index (χ0) is 13.3. The minimum absolute atomic E-state index is 0.0000463. The van der Waals surface area contributed by atoms with Crippen LogP contribution < -0.4 is 4.74 Å². The molecule has 0 fully saturated rings. The molecule has 0 spiro atoms. The Morgan fingerprint density at radius 3 is 2.56 bits per heavy atom. The summed E-state index contributed by atoms with van der Waals surface area (Å²) in [6.45, 7) is 0. The van der Waals surface area contributed by atoms with Crippen LogP contribution in [-0.4, -0.2) is 7.11 Å². The molecule has 1 nitrogen and oxygen atoms in total. The fraction of sp³-hybridized carbons (Fsp3) is 0.167. The van der Waals surface area contributed by atoms with Gasteiger partial charge in [-0.15, -0.1) is 11.3 Å². The second-order valence-corrected chi connectivity index (χ2v) is 7.47. The molecule has 96 valence electrons. The molecule has 1 heterocycles. The predicted molar refractivity (Wildman–Crippen MR) is 85.8 cm³/mol. The summed E-state index contributed by atoms with van der Waals surface area (Å²) in [6.07, 6.45) is 0. The van der Waals surface area contributed by atoms with Crippen molar-refractivity contribution in [2.75, 3.05) is 7.11 Å². The van der Waals surface area contributed by atoms with Crippen molar-refractivity contribution in [1.29, 1.82) is 0 Å². The van der Waals surface area contributed by atoms with Gasteiger partial charge in [-0.2, -0.15) is 0 Å². The van der Waals surface area contributed by atoms with Gasteiger partial charge in [-0.25, -0.2) is 0 Å². The molecule has 2 rings (SSSR count). The van der Waals surface area contributed by atoms with Gasteiger partial charge in [0.05, 0.1) is 20.7 Å². The molecule has 1 atom stereocenters. The summed E-state index contributed by atoms with van der Waals surface area (Å²) in [4.78, 5) is 1.10. The van der Waals surface area contributed by atoms with Gasteiger partial charge in [0.25, 0.3) is 0 Å². The first kappa shape index (κ1) is 14.7. The topological polar surface area (TPSA) is 9.23 Å². The monoisotopic (exact) mass is 428 g/mol. The molecule has 0 amide bonds. The molecule has 1 unspecified atom stereocenters. The van der Waals surface area contributed by atoms with Crippen LogP contribution in [-0.2, 0) is 0 Å². The maximum atomic E-state index is 6.09. The summed E-state index contributed by atoms with van der Waals surface area (Å²) in [5, 5.41) is 0.657. The van der Waals surface area contributed by atoms with Crippen molar-refractivity contribution in [2.24, 2.45) is 0 Å². The highest BCUT2D eigenvalue weighted by Gasteiger charge is 2.19. The average molecular weight is 431 g/mol. The van der Waals surface area contributed by atoms with Crippen molar-refractivity contribution in [3.63, 3.8) is 0 Å². The summed E-state index contributed by atoms with van der Waals surface area (Å²) in [7, 11) is 1.64. The molecule has 6 heteroatoms. The molecule has 0 saturated carbocycles. The molecular weight excluding hydrogens is 423 g/mol. The molecular formula is C12H8Br2Cl2OS. The van der Waals surface area contributed by atoms with E-state index in [0.29, 0.717) is 5.02 Å². The molecule has 2 aromatic rings. The Kier molecular flexibility index (Phi) is 5.00. The molecule has 0 radical (unpaired) electrons. The Morgan fingerprint density at radius 2 is 2.00 bits per heavy atom. The van der Waals surface area contributed by atoms with E-state index in [4.69, 9.17) is 27.9 Å². The highest BCUT2D eigenvalue weighted by atomic mass is 79.9. The molecule has 1 aromatic heterocycles. The first-order valence-electron chi connectivity index (χ1n) is 4.95. The van der Waals surface area contributed by atoms with E-state index in [1.807, 2.05) is 24.3 Å². The van der Waals surface area contributed by atoms with Gasteiger partial charge >= 0.3 is 0 Å². The molecule has 0 N–H and O–H groups in total. The molecule has 1 aromatic carbocycles. The largest absolute Gasteiger partial charge is 0.495 e. The number of methoxy groups -OCH3 is 1. The lowest BCUT2D eigenvalue weighted by molar-refractivity contribution is 0.408. The Bertz CT molecular complexity index is 571. The predicted octanol–water partition coefficient (Wildman–Crippen LogP) is 6.31. The number of rotatable bonds is 3. The van der Waals surface area contributed by atoms with Crippen LogP contribution in [0.4, 0.5) is 0 Å². The number of halogens is 4. The molecule has 0 aliphatic heterocycles. The Hall–Kier alpha value is 0.260. The lowest BCUT2D eigenvalue weighted by atomic mass is 10.1. The van der Waals surface area contributed by atoms with Gasteiger partial charge in [0.1, 0.15) is 5.75 Å². The number of alkyl halides is 1. The minimum atomic E-state index is -0.0000463. The third-order valence-electron chi connectivity index (χ3n) is 2.36. The van der Waals surface area contributed by atoms with E-state index in [0.717, 1.165) is 25.0 Å². The van der Waals surface area contributed by atoms with Crippen LogP contribution in [0.25, 0.3) is 0 Å². The van der Waals surface area contributed by atoms with Gasteiger partial charge in [0, 0.05) is 15.5 Å². The van der Waals surface area contributed by atoms with Crippen LogP contribution in [0.2, 0.25) is 9.36 Å². The smallest absolute Gasteiger partial charge is 0.137 e. The van der Waals surface area contributed by atoms with E-state index in [2.05, 4.69) is 31.9 Å². The zero-order valence-corrected chi connectivity index (χ0v) is 14.7. The van der Waals surface area contributed by atoms with Gasteiger partial charge in [0.2, 0.25) is 0 Å². The number of benzene rings is 1. The summed E-state index contributed by atoms with van der Waals surface area (Å²) in [5.41, 5.74) is 0.968. The first-order valence-corrected chi connectivity index (χ1v) is 8.23. The zero-order valence-electron chi connectivity index (χ0n) is 9.22. The highest BCUT2D eigenvalue weighted by molar-refractivity contribution is 9.10. The van der Waals surface area contributed by atoms with Crippen molar-refractivity contribution < 1.29 is 4.74 Å². The molecule has 0 aliphatic rings. The third-order valence-corrected chi connectivity index (χ3v) is 5.75. The van der Waals surface area contributed by atoms with Crippen molar-refractivity contribution >= 4 is 66.4 Å². The highest BCUT2D eigenvalue weighted by Crippen LogP contribution is 2.44. The lowest BCUT2D eigenvalue weighted by Gasteiger charge is -2.15. The standard InChI is InChI=1S/C12H8Br2Cl2OS/c1-17-12-7(4-6(15)5-8(12)13)11(14)9-2-3-10(16)18-9/h2-5,11H,1H3. The molecule has 0 saturated heterocycles. The number of thiophene rings is 1. The van der Waals surface area contributed by atoms with Crippen LogP contribution in [0.1, 0.15) is 15.3 Å². The van der Waals surface area contributed by atoms with Gasteiger partial charge < -0.3 is 4.74 Å². The second kappa shape index (κ2) is 6.14. The van der Waals surface area contributed by atoms with E-state index >= 15 is 0 Å². The SMILES string of the molecule is COc1c(Br)cc(Cl)cc1C(Br)c1ccc(Cl)s1. The normalized spacial score (nSPS) is 12.5. The number of ether oxygens (including phenoxy) is 1. The molecule has 0 aliphatic carbocycles. The van der Waals surface area contributed by atoms with Gasteiger partial charge in [0.15, 0.2) is 0 Å². The fourth-order valence-corrected chi connectivity index (χ4v) is 4.43. The minimum Gasteiger partial charge on any atom is -0.495 e. The summed E-state index contributed by atoms with van der Waals surface area (Å²) in [5.74, 6) is 0.769. The van der Waals surface area contributed by atoms with Gasteiger partial charge in [-0.05, 0) is 40.2 Å². The van der Waals surface area contributed by atoms with Crippen molar-refractivity contribution in [3.8, 4) is 5.75 Å². The van der Waals surface area contributed by atoms with Crippen LogP contribution in [0, 0.1) is 0 Å². The van der Waals surface area contributed by atoms with Gasteiger partial charge in [-0.3, -0.25) is 0 Å². The van der Waals surface area contributed by atoms with E-state index in [-0.39, 0.29) is 4.83 Å². The van der Waals surface area contributed by atoms with E-state index in [1.54, 1.807) is 7.11 Å².